The van der Waals surface area contributed by atoms with E-state index in [-0.39, 0.29) is 11.9 Å². The third-order valence-electron chi connectivity index (χ3n) is 3.37. The molecule has 2 rings (SSSR count). The first kappa shape index (κ1) is 13.3. The molecule has 1 fully saturated rings. The SMILES string of the molecule is Cc1cc([C@@H]2CCCCN2C(=O)O)cc(F)c1Br. The van der Waals surface area contributed by atoms with Crippen LogP contribution in [0.3, 0.4) is 0 Å². The van der Waals surface area contributed by atoms with Crippen molar-refractivity contribution >= 4 is 22.0 Å². The summed E-state index contributed by atoms with van der Waals surface area (Å²) in [6.07, 6.45) is 1.68. The summed E-state index contributed by atoms with van der Waals surface area (Å²) in [7, 11) is 0. The molecule has 18 heavy (non-hydrogen) atoms. The van der Waals surface area contributed by atoms with Crippen molar-refractivity contribution in [1.82, 2.24) is 4.90 Å². The van der Waals surface area contributed by atoms with Crippen LogP contribution in [0.25, 0.3) is 0 Å². The Bertz CT molecular complexity index is 455. The van der Waals surface area contributed by atoms with Gasteiger partial charge in [-0.2, -0.15) is 0 Å². The normalized spacial score (nSPS) is 19.9. The Morgan fingerprint density at radius 3 is 2.83 bits per heavy atom. The summed E-state index contributed by atoms with van der Waals surface area (Å²) in [5, 5.41) is 9.19. The van der Waals surface area contributed by atoms with E-state index in [9.17, 15) is 14.3 Å². The zero-order valence-electron chi connectivity index (χ0n) is 10.1. The molecule has 3 nitrogen and oxygen atoms in total. The van der Waals surface area contributed by atoms with Crippen LogP contribution in [0.2, 0.25) is 0 Å². The van der Waals surface area contributed by atoms with Crippen molar-refractivity contribution in [2.24, 2.45) is 0 Å². The molecule has 0 spiro atoms. The van der Waals surface area contributed by atoms with Crippen LogP contribution >= 0.6 is 15.9 Å². The van der Waals surface area contributed by atoms with Crippen molar-refractivity contribution in [2.75, 3.05) is 6.54 Å². The maximum Gasteiger partial charge on any atom is 0.407 e. The van der Waals surface area contributed by atoms with E-state index in [0.29, 0.717) is 11.0 Å². The number of hydrogen-bond donors (Lipinski definition) is 1. The van der Waals surface area contributed by atoms with Gasteiger partial charge in [0.2, 0.25) is 0 Å². The van der Waals surface area contributed by atoms with Gasteiger partial charge in [-0.25, -0.2) is 9.18 Å². The number of aryl methyl sites for hydroxylation is 1. The molecule has 1 aromatic rings. The van der Waals surface area contributed by atoms with Crippen LogP contribution in [0.5, 0.6) is 0 Å². The first-order valence-electron chi connectivity index (χ1n) is 5.96. The number of carbonyl (C=O) groups is 1. The molecule has 0 saturated carbocycles. The quantitative estimate of drug-likeness (QED) is 0.847. The molecule has 1 atom stereocenters. The average Bonchev–Trinajstić information content (AvgIpc) is 2.35. The minimum absolute atomic E-state index is 0.224. The van der Waals surface area contributed by atoms with Gasteiger partial charge in [-0.15, -0.1) is 0 Å². The molecule has 1 aromatic carbocycles. The van der Waals surface area contributed by atoms with Crippen LogP contribution in [0.4, 0.5) is 9.18 Å². The van der Waals surface area contributed by atoms with Gasteiger partial charge in [0.25, 0.3) is 0 Å². The van der Waals surface area contributed by atoms with Crippen molar-refractivity contribution in [2.45, 2.75) is 32.2 Å². The molecule has 0 radical (unpaired) electrons. The number of rotatable bonds is 1. The van der Waals surface area contributed by atoms with Crippen molar-refractivity contribution in [3.63, 3.8) is 0 Å². The summed E-state index contributed by atoms with van der Waals surface area (Å²) in [6.45, 7) is 2.33. The molecular weight excluding hydrogens is 301 g/mol. The standard InChI is InChI=1S/C13H15BrFNO2/c1-8-6-9(7-10(15)12(8)14)11-4-2-3-5-16(11)13(17)18/h6-7,11H,2-5H2,1H3,(H,17,18)/t11-/m0/s1. The Morgan fingerprint density at radius 1 is 1.50 bits per heavy atom. The number of piperidine rings is 1. The van der Waals surface area contributed by atoms with E-state index in [1.807, 2.05) is 13.0 Å². The highest BCUT2D eigenvalue weighted by atomic mass is 79.9. The second-order valence-electron chi connectivity index (χ2n) is 4.62. The minimum atomic E-state index is -0.930. The Morgan fingerprint density at radius 2 is 2.22 bits per heavy atom. The maximum atomic E-state index is 13.7. The van der Waals surface area contributed by atoms with E-state index in [4.69, 9.17) is 0 Å². The van der Waals surface area contributed by atoms with Gasteiger partial charge in [-0.05, 0) is 59.3 Å². The fourth-order valence-electron chi connectivity index (χ4n) is 2.45. The monoisotopic (exact) mass is 315 g/mol. The lowest BCUT2D eigenvalue weighted by Crippen LogP contribution is -2.37. The summed E-state index contributed by atoms with van der Waals surface area (Å²) in [6, 6.07) is 3.07. The molecule has 1 heterocycles. The molecule has 0 bridgehead atoms. The van der Waals surface area contributed by atoms with Crippen LogP contribution in [-0.4, -0.2) is 22.6 Å². The largest absolute Gasteiger partial charge is 0.465 e. The third-order valence-corrected chi connectivity index (χ3v) is 4.37. The lowest BCUT2D eigenvalue weighted by Gasteiger charge is -2.34. The molecule has 5 heteroatoms. The number of nitrogens with zero attached hydrogens (tertiary/aromatic N) is 1. The molecule has 1 aliphatic heterocycles. The van der Waals surface area contributed by atoms with E-state index in [0.717, 1.165) is 30.4 Å². The van der Waals surface area contributed by atoms with Gasteiger partial charge in [0.1, 0.15) is 5.82 Å². The van der Waals surface area contributed by atoms with E-state index in [1.54, 1.807) is 0 Å². The van der Waals surface area contributed by atoms with Gasteiger partial charge in [-0.1, -0.05) is 6.07 Å². The van der Waals surface area contributed by atoms with Crippen molar-refractivity contribution < 1.29 is 14.3 Å². The molecule has 0 unspecified atom stereocenters. The smallest absolute Gasteiger partial charge is 0.407 e. The van der Waals surface area contributed by atoms with E-state index >= 15 is 0 Å². The van der Waals surface area contributed by atoms with Crippen LogP contribution in [0.1, 0.15) is 36.4 Å². The van der Waals surface area contributed by atoms with Crippen LogP contribution in [-0.2, 0) is 0 Å². The van der Waals surface area contributed by atoms with E-state index in [1.165, 1.54) is 11.0 Å². The molecule has 1 N–H and O–H groups in total. The molecule has 1 saturated heterocycles. The Balaban J connectivity index is 2.37. The highest BCUT2D eigenvalue weighted by Crippen LogP contribution is 2.33. The zero-order chi connectivity index (χ0) is 13.3. The molecule has 98 valence electrons. The lowest BCUT2D eigenvalue weighted by atomic mass is 9.94. The number of benzene rings is 1. The van der Waals surface area contributed by atoms with Crippen LogP contribution in [0, 0.1) is 12.7 Å². The Kier molecular flexibility index (Phi) is 3.90. The van der Waals surface area contributed by atoms with Gasteiger partial charge in [0, 0.05) is 6.54 Å². The minimum Gasteiger partial charge on any atom is -0.465 e. The van der Waals surface area contributed by atoms with Gasteiger partial charge >= 0.3 is 6.09 Å². The number of hydrogen-bond acceptors (Lipinski definition) is 1. The molecule has 1 amide bonds. The molecule has 1 aliphatic rings. The summed E-state index contributed by atoms with van der Waals surface area (Å²) in [5.41, 5.74) is 1.54. The highest BCUT2D eigenvalue weighted by Gasteiger charge is 2.28. The van der Waals surface area contributed by atoms with Gasteiger partial charge in [0.15, 0.2) is 0 Å². The molecule has 0 aliphatic carbocycles. The maximum absolute atomic E-state index is 13.7. The van der Waals surface area contributed by atoms with Gasteiger partial charge < -0.3 is 10.0 Å². The summed E-state index contributed by atoms with van der Waals surface area (Å²) in [4.78, 5) is 12.6. The predicted molar refractivity (Wildman–Crippen MR) is 70.2 cm³/mol. The number of carboxylic acid groups (broad SMARTS) is 1. The van der Waals surface area contributed by atoms with Gasteiger partial charge in [0.05, 0.1) is 10.5 Å². The fourth-order valence-corrected chi connectivity index (χ4v) is 2.68. The average molecular weight is 316 g/mol. The topological polar surface area (TPSA) is 40.5 Å². The summed E-state index contributed by atoms with van der Waals surface area (Å²) >= 11 is 3.18. The fraction of sp³-hybridized carbons (Fsp3) is 0.462. The van der Waals surface area contributed by atoms with Gasteiger partial charge in [-0.3, -0.25) is 0 Å². The van der Waals surface area contributed by atoms with Crippen LogP contribution < -0.4 is 0 Å². The second kappa shape index (κ2) is 5.26. The number of halogens is 2. The van der Waals surface area contributed by atoms with Crippen LogP contribution in [0.15, 0.2) is 16.6 Å². The Labute approximate surface area is 114 Å². The molecular formula is C13H15BrFNO2. The number of likely N-dealkylation sites (tertiary alicyclic amines) is 1. The predicted octanol–water partition coefficient (Wildman–Crippen LogP) is 4.10. The second-order valence-corrected chi connectivity index (χ2v) is 5.41. The summed E-state index contributed by atoms with van der Waals surface area (Å²) in [5.74, 6) is -0.332. The van der Waals surface area contributed by atoms with E-state index in [2.05, 4.69) is 15.9 Å². The zero-order valence-corrected chi connectivity index (χ0v) is 11.7. The van der Waals surface area contributed by atoms with Crippen molar-refractivity contribution in [3.8, 4) is 0 Å². The number of amides is 1. The first-order valence-corrected chi connectivity index (χ1v) is 6.75. The third kappa shape index (κ3) is 2.51. The van der Waals surface area contributed by atoms with Crippen molar-refractivity contribution in [3.05, 3.63) is 33.5 Å². The summed E-state index contributed by atoms with van der Waals surface area (Å²) < 4.78 is 14.2. The first-order chi connectivity index (χ1) is 8.50. The van der Waals surface area contributed by atoms with E-state index < -0.39 is 6.09 Å². The highest BCUT2D eigenvalue weighted by molar-refractivity contribution is 9.10. The lowest BCUT2D eigenvalue weighted by molar-refractivity contribution is 0.106. The molecule has 0 aromatic heterocycles. The van der Waals surface area contributed by atoms with Crippen molar-refractivity contribution in [1.29, 1.82) is 0 Å². The Hall–Kier alpha value is -1.10.